The third kappa shape index (κ3) is 4.37. The summed E-state index contributed by atoms with van der Waals surface area (Å²) in [5, 5.41) is 4.32. The van der Waals surface area contributed by atoms with Gasteiger partial charge < -0.3 is 15.5 Å². The number of alkyl halides is 3. The number of nitrogens with one attached hydrogen (secondary N) is 1. The van der Waals surface area contributed by atoms with Crippen LogP contribution in [0.4, 0.5) is 13.2 Å². The Hall–Kier alpha value is -3.56. The lowest BCUT2D eigenvalue weighted by Crippen LogP contribution is -2.27. The number of amides is 1. The second kappa shape index (κ2) is 8.05. The average Bonchev–Trinajstić information content (AvgIpc) is 3.05. The molecule has 0 saturated carbocycles. The molecule has 0 aliphatic carbocycles. The molecule has 0 saturated heterocycles. The highest BCUT2D eigenvalue weighted by atomic mass is 19.4. The molecule has 7 nitrogen and oxygen atoms in total. The first kappa shape index (κ1) is 21.2. The maximum atomic E-state index is 13.4. The first-order chi connectivity index (χ1) is 14.1. The van der Waals surface area contributed by atoms with Crippen molar-refractivity contribution in [3.8, 4) is 16.9 Å². The summed E-state index contributed by atoms with van der Waals surface area (Å²) in [6.07, 6.45) is -4.03. The maximum Gasteiger partial charge on any atom is 0.431 e. The summed E-state index contributed by atoms with van der Waals surface area (Å²) in [5.74, 6) is -0.681. The van der Waals surface area contributed by atoms with Crippen LogP contribution < -0.4 is 16.0 Å². The van der Waals surface area contributed by atoms with E-state index in [0.717, 1.165) is 23.9 Å². The Bertz CT molecular complexity index is 1130. The normalized spacial score (nSPS) is 11.5. The Labute approximate surface area is 169 Å². The van der Waals surface area contributed by atoms with E-state index in [2.05, 4.69) is 5.10 Å². The summed E-state index contributed by atoms with van der Waals surface area (Å²) in [6, 6.07) is 8.58. The molecule has 0 aliphatic rings. The van der Waals surface area contributed by atoms with Gasteiger partial charge in [-0.2, -0.15) is 18.3 Å². The molecule has 158 valence electrons. The Morgan fingerprint density at radius 2 is 1.90 bits per heavy atom. The zero-order chi connectivity index (χ0) is 22.1. The number of H-pyrrole nitrogens is 1. The molecule has 3 N–H and O–H groups in total. The average molecular weight is 420 g/mol. The van der Waals surface area contributed by atoms with E-state index in [4.69, 9.17) is 10.5 Å². The number of halogens is 3. The summed E-state index contributed by atoms with van der Waals surface area (Å²) in [4.78, 5) is 24.9. The molecule has 30 heavy (non-hydrogen) atoms. The molecule has 10 heteroatoms. The lowest BCUT2D eigenvalue weighted by Gasteiger charge is -2.14. The molecule has 0 unspecified atom stereocenters. The molecule has 2 heterocycles. The minimum absolute atomic E-state index is 0.141. The smallest absolute Gasteiger partial charge is 0.431 e. The molecule has 0 radical (unpaired) electrons. The Balaban J connectivity index is 1.90. The summed E-state index contributed by atoms with van der Waals surface area (Å²) in [5.41, 5.74) is 3.65. The van der Waals surface area contributed by atoms with Gasteiger partial charge in [-0.25, -0.2) is 0 Å². The summed E-state index contributed by atoms with van der Waals surface area (Å²) in [7, 11) is 1.80. The molecular formula is C20H19F3N4O3. The van der Waals surface area contributed by atoms with Crippen molar-refractivity contribution >= 4 is 5.91 Å². The van der Waals surface area contributed by atoms with E-state index in [1.54, 1.807) is 16.7 Å². The van der Waals surface area contributed by atoms with Gasteiger partial charge in [-0.05, 0) is 36.2 Å². The van der Waals surface area contributed by atoms with Crippen LogP contribution in [0.15, 0.2) is 41.2 Å². The van der Waals surface area contributed by atoms with E-state index < -0.39 is 28.9 Å². The van der Waals surface area contributed by atoms with Crippen LogP contribution in [0.5, 0.6) is 5.75 Å². The lowest BCUT2D eigenvalue weighted by atomic mass is 10.0. The second-order valence-electron chi connectivity index (χ2n) is 6.58. The zero-order valence-electron chi connectivity index (χ0n) is 16.2. The van der Waals surface area contributed by atoms with Gasteiger partial charge >= 0.3 is 6.18 Å². The van der Waals surface area contributed by atoms with Crippen LogP contribution in [-0.4, -0.2) is 20.7 Å². The number of nitrogens with two attached hydrogens (primary N) is 1. The van der Waals surface area contributed by atoms with Crippen LogP contribution in [0.1, 0.15) is 34.4 Å². The molecule has 1 aromatic carbocycles. The number of ether oxygens (including phenoxy) is 1. The number of pyridine rings is 1. The van der Waals surface area contributed by atoms with E-state index in [1.165, 1.54) is 24.3 Å². The fourth-order valence-corrected chi connectivity index (χ4v) is 2.93. The highest BCUT2D eigenvalue weighted by Crippen LogP contribution is 2.35. The number of hydrogen-bond donors (Lipinski definition) is 2. The number of aryl methyl sites for hydroxylation is 2. The van der Waals surface area contributed by atoms with E-state index in [9.17, 15) is 22.8 Å². The fourth-order valence-electron chi connectivity index (χ4n) is 2.93. The number of rotatable bonds is 6. The molecular weight excluding hydrogens is 401 g/mol. The van der Waals surface area contributed by atoms with E-state index >= 15 is 0 Å². The van der Waals surface area contributed by atoms with Crippen molar-refractivity contribution in [2.24, 2.45) is 12.8 Å². The van der Waals surface area contributed by atoms with Gasteiger partial charge in [0.1, 0.15) is 23.6 Å². The van der Waals surface area contributed by atoms with E-state index in [0.29, 0.717) is 5.75 Å². The van der Waals surface area contributed by atoms with Crippen LogP contribution in [0.2, 0.25) is 0 Å². The van der Waals surface area contributed by atoms with Gasteiger partial charge in [0.2, 0.25) is 0 Å². The number of benzene rings is 1. The number of nitrogens with zero attached hydrogens (tertiary/aromatic N) is 2. The topological polar surface area (TPSA) is 103 Å². The zero-order valence-corrected chi connectivity index (χ0v) is 16.2. The molecule has 0 atom stereocenters. The van der Waals surface area contributed by atoms with Gasteiger partial charge in [-0.1, -0.05) is 19.1 Å². The minimum Gasteiger partial charge on any atom is -0.487 e. The number of aromatic nitrogens is 3. The van der Waals surface area contributed by atoms with Crippen molar-refractivity contribution in [1.29, 1.82) is 0 Å². The summed E-state index contributed by atoms with van der Waals surface area (Å²) >= 11 is 0. The predicted octanol–water partition coefficient (Wildman–Crippen LogP) is 3.03. The van der Waals surface area contributed by atoms with Gasteiger partial charge in [0.05, 0.1) is 11.4 Å². The van der Waals surface area contributed by atoms with Gasteiger partial charge in [0.25, 0.3) is 11.5 Å². The van der Waals surface area contributed by atoms with Crippen molar-refractivity contribution in [2.45, 2.75) is 26.1 Å². The molecule has 1 amide bonds. The highest BCUT2D eigenvalue weighted by Gasteiger charge is 2.36. The third-order valence-corrected chi connectivity index (χ3v) is 4.53. The predicted molar refractivity (Wildman–Crippen MR) is 103 cm³/mol. The maximum absolute atomic E-state index is 13.4. The van der Waals surface area contributed by atoms with Crippen molar-refractivity contribution in [2.75, 3.05) is 0 Å². The summed E-state index contributed by atoms with van der Waals surface area (Å²) < 4.78 is 47.5. The van der Waals surface area contributed by atoms with Gasteiger partial charge in [0, 0.05) is 12.6 Å². The minimum atomic E-state index is -4.82. The number of carbonyl (C=O) groups excluding carboxylic acids is 1. The Morgan fingerprint density at radius 1 is 1.23 bits per heavy atom. The number of hydrogen-bond acceptors (Lipinski definition) is 4. The standard InChI is InChI=1S/C20H19F3N4O3/c1-3-12-8-13(27(2)26-12)10-30-14-6-4-11(5-7-14)15-9-16(18(24)28)19(29)25-17(15)20(21,22)23/h4-9H,3,10H2,1-2H3,(H2,24,28)(H,25,29). The van der Waals surface area contributed by atoms with E-state index in [1.807, 2.05) is 13.0 Å². The molecule has 2 aromatic heterocycles. The Morgan fingerprint density at radius 3 is 2.43 bits per heavy atom. The first-order valence-electron chi connectivity index (χ1n) is 8.99. The van der Waals surface area contributed by atoms with Crippen LogP contribution in [0.25, 0.3) is 11.1 Å². The van der Waals surface area contributed by atoms with Crippen molar-refractivity contribution in [1.82, 2.24) is 14.8 Å². The molecule has 0 aliphatic heterocycles. The van der Waals surface area contributed by atoms with Gasteiger partial charge in [-0.15, -0.1) is 0 Å². The SMILES string of the molecule is CCc1cc(COc2ccc(-c3cc(C(N)=O)c(=O)[nH]c3C(F)(F)F)cc2)n(C)n1. The number of primary amides is 1. The van der Waals surface area contributed by atoms with Crippen LogP contribution in [0.3, 0.4) is 0 Å². The third-order valence-electron chi connectivity index (χ3n) is 4.53. The van der Waals surface area contributed by atoms with Crippen molar-refractivity contribution in [3.63, 3.8) is 0 Å². The lowest BCUT2D eigenvalue weighted by molar-refractivity contribution is -0.140. The van der Waals surface area contributed by atoms with Gasteiger partial charge in [-0.3, -0.25) is 14.3 Å². The fraction of sp³-hybridized carbons (Fsp3) is 0.250. The number of aromatic amines is 1. The second-order valence-corrected chi connectivity index (χ2v) is 6.58. The van der Waals surface area contributed by atoms with Crippen molar-refractivity contribution in [3.05, 3.63) is 69.4 Å². The quantitative estimate of drug-likeness (QED) is 0.640. The molecule has 0 fully saturated rings. The Kier molecular flexibility index (Phi) is 5.68. The number of carbonyl (C=O) groups is 1. The highest BCUT2D eigenvalue weighted by molar-refractivity contribution is 5.94. The van der Waals surface area contributed by atoms with E-state index in [-0.39, 0.29) is 17.7 Å². The molecule has 0 spiro atoms. The monoisotopic (exact) mass is 420 g/mol. The first-order valence-corrected chi connectivity index (χ1v) is 8.99. The van der Waals surface area contributed by atoms with Crippen LogP contribution >= 0.6 is 0 Å². The summed E-state index contributed by atoms with van der Waals surface area (Å²) in [6.45, 7) is 2.22. The van der Waals surface area contributed by atoms with Crippen molar-refractivity contribution < 1.29 is 22.7 Å². The van der Waals surface area contributed by atoms with Gasteiger partial charge in [0.15, 0.2) is 0 Å². The molecule has 0 bridgehead atoms. The molecule has 3 rings (SSSR count). The van der Waals surface area contributed by atoms with Crippen LogP contribution in [0, 0.1) is 0 Å². The van der Waals surface area contributed by atoms with Crippen LogP contribution in [-0.2, 0) is 26.3 Å². The molecule has 3 aromatic rings. The largest absolute Gasteiger partial charge is 0.487 e.